The van der Waals surface area contributed by atoms with Gasteiger partial charge in [0.15, 0.2) is 5.69 Å². The summed E-state index contributed by atoms with van der Waals surface area (Å²) in [4.78, 5) is 29.3. The van der Waals surface area contributed by atoms with E-state index in [1.54, 1.807) is 18.2 Å². The molecule has 2 aromatic heterocycles. The van der Waals surface area contributed by atoms with Gasteiger partial charge in [0, 0.05) is 36.4 Å². The van der Waals surface area contributed by atoms with Crippen LogP contribution in [0.25, 0.3) is 27.5 Å². The number of carbonyl (C=O) groups excluding carboxylic acids is 1. The van der Waals surface area contributed by atoms with Crippen LogP contribution in [0.2, 0.25) is 5.02 Å². The van der Waals surface area contributed by atoms with Crippen molar-refractivity contribution in [2.24, 2.45) is 7.05 Å². The number of benzene rings is 2. The molecule has 33 heavy (non-hydrogen) atoms. The van der Waals surface area contributed by atoms with Crippen molar-refractivity contribution in [3.05, 3.63) is 63.5 Å². The summed E-state index contributed by atoms with van der Waals surface area (Å²) >= 11 is 6.34. The molecule has 0 N–H and O–H groups in total. The number of methoxy groups -OCH3 is 1. The topological polar surface area (TPSA) is 69.4 Å². The zero-order chi connectivity index (χ0) is 23.1. The normalized spacial score (nSPS) is 14.6. The van der Waals surface area contributed by atoms with Gasteiger partial charge in [-0.1, -0.05) is 42.6 Å². The van der Waals surface area contributed by atoms with Crippen LogP contribution >= 0.6 is 11.6 Å². The van der Waals surface area contributed by atoms with Gasteiger partial charge in [-0.15, -0.1) is 0 Å². The number of halogens is 1. The molecule has 0 spiro atoms. The van der Waals surface area contributed by atoms with Crippen LogP contribution in [0, 0.1) is 0 Å². The molecule has 1 amide bonds. The molecule has 0 unspecified atom stereocenters. The van der Waals surface area contributed by atoms with E-state index in [2.05, 4.69) is 5.10 Å². The molecule has 4 aromatic rings. The molecule has 5 rings (SSSR count). The fourth-order valence-electron chi connectivity index (χ4n) is 4.71. The van der Waals surface area contributed by atoms with Crippen molar-refractivity contribution in [1.82, 2.24) is 19.2 Å². The van der Waals surface area contributed by atoms with Gasteiger partial charge in [-0.05, 0) is 37.1 Å². The zero-order valence-corrected chi connectivity index (χ0v) is 19.4. The minimum Gasteiger partial charge on any atom is -0.495 e. The highest BCUT2D eigenvalue weighted by molar-refractivity contribution is 6.32. The fourth-order valence-corrected chi connectivity index (χ4v) is 4.97. The third-order valence-corrected chi connectivity index (χ3v) is 6.71. The first-order chi connectivity index (χ1) is 16.0. The van der Waals surface area contributed by atoms with Gasteiger partial charge in [0.1, 0.15) is 11.3 Å². The number of aryl methyl sites for hydroxylation is 1. The Morgan fingerprint density at radius 3 is 2.48 bits per heavy atom. The summed E-state index contributed by atoms with van der Waals surface area (Å²) in [7, 11) is 3.38. The number of fused-ring (bicyclic) bond motifs is 3. The number of nitrogens with zero attached hydrogens (tertiary/aromatic N) is 4. The predicted molar refractivity (Wildman–Crippen MR) is 130 cm³/mol. The van der Waals surface area contributed by atoms with Crippen molar-refractivity contribution in [1.29, 1.82) is 0 Å². The summed E-state index contributed by atoms with van der Waals surface area (Å²) in [5.74, 6) is 0.353. The number of carbonyl (C=O) groups is 1. The third-order valence-electron chi connectivity index (χ3n) is 6.41. The lowest BCUT2D eigenvalue weighted by molar-refractivity contribution is 0.0756. The highest BCUT2D eigenvalue weighted by Crippen LogP contribution is 2.30. The highest BCUT2D eigenvalue weighted by Gasteiger charge is 2.27. The van der Waals surface area contributed by atoms with E-state index in [-0.39, 0.29) is 17.2 Å². The monoisotopic (exact) mass is 464 g/mol. The van der Waals surface area contributed by atoms with Gasteiger partial charge >= 0.3 is 0 Å². The molecule has 1 aliphatic heterocycles. The van der Waals surface area contributed by atoms with E-state index in [9.17, 15) is 9.59 Å². The van der Waals surface area contributed by atoms with Gasteiger partial charge in [-0.25, -0.2) is 0 Å². The van der Waals surface area contributed by atoms with Gasteiger partial charge in [-0.2, -0.15) is 9.78 Å². The number of para-hydroxylation sites is 1. The predicted octanol–water partition coefficient (Wildman–Crippen LogP) is 4.56. The lowest BCUT2D eigenvalue weighted by Crippen LogP contribution is -2.35. The second-order valence-electron chi connectivity index (χ2n) is 8.39. The van der Waals surface area contributed by atoms with Crippen molar-refractivity contribution in [3.63, 3.8) is 0 Å². The molecule has 0 aliphatic carbocycles. The summed E-state index contributed by atoms with van der Waals surface area (Å²) in [6, 6.07) is 12.8. The number of hydrogen-bond donors (Lipinski definition) is 0. The van der Waals surface area contributed by atoms with Crippen LogP contribution in [0.5, 0.6) is 5.75 Å². The summed E-state index contributed by atoms with van der Waals surface area (Å²) < 4.78 is 8.36. The standard InChI is InChI=1S/C25H25ClN4O3/c1-28-19-10-6-5-9-17(19)21-22(24(31)29-13-7-3-4-8-14-29)27-30(25(32)23(21)28)16-11-12-20(33-2)18(26)15-16/h5-6,9-12,15H,3-4,7-8,13-14H2,1-2H3. The van der Waals surface area contributed by atoms with Gasteiger partial charge in [0.2, 0.25) is 0 Å². The van der Waals surface area contributed by atoms with Crippen LogP contribution < -0.4 is 10.3 Å². The van der Waals surface area contributed by atoms with E-state index in [0.29, 0.717) is 40.5 Å². The molecule has 0 bridgehead atoms. The largest absolute Gasteiger partial charge is 0.495 e. The molecule has 1 aliphatic rings. The van der Waals surface area contributed by atoms with Crippen LogP contribution in [0.4, 0.5) is 0 Å². The third kappa shape index (κ3) is 3.56. The van der Waals surface area contributed by atoms with Crippen LogP contribution in [0.3, 0.4) is 0 Å². The number of amides is 1. The fraction of sp³-hybridized carbons (Fsp3) is 0.320. The van der Waals surface area contributed by atoms with Crippen LogP contribution in [0.1, 0.15) is 36.2 Å². The van der Waals surface area contributed by atoms with E-state index in [1.165, 1.54) is 11.8 Å². The zero-order valence-electron chi connectivity index (χ0n) is 18.7. The molecule has 0 saturated carbocycles. The molecule has 0 radical (unpaired) electrons. The minimum absolute atomic E-state index is 0.147. The van der Waals surface area contributed by atoms with Crippen molar-refractivity contribution in [2.75, 3.05) is 20.2 Å². The molecule has 8 heteroatoms. The molecule has 1 saturated heterocycles. The summed E-state index contributed by atoms with van der Waals surface area (Å²) in [5, 5.41) is 6.44. The highest BCUT2D eigenvalue weighted by atomic mass is 35.5. The van der Waals surface area contributed by atoms with Crippen molar-refractivity contribution < 1.29 is 9.53 Å². The molecule has 0 atom stereocenters. The Labute approximate surface area is 196 Å². The number of hydrogen-bond acceptors (Lipinski definition) is 4. The second kappa shape index (κ2) is 8.56. The van der Waals surface area contributed by atoms with Gasteiger partial charge < -0.3 is 14.2 Å². The average Bonchev–Trinajstić information content (AvgIpc) is 2.98. The van der Waals surface area contributed by atoms with Crippen LogP contribution in [-0.4, -0.2) is 45.4 Å². The van der Waals surface area contributed by atoms with E-state index in [4.69, 9.17) is 16.3 Å². The molecule has 2 aromatic carbocycles. The Bertz CT molecular complexity index is 1430. The second-order valence-corrected chi connectivity index (χ2v) is 8.80. The maximum Gasteiger partial charge on any atom is 0.296 e. The Morgan fingerprint density at radius 1 is 1.06 bits per heavy atom. The average molecular weight is 465 g/mol. The molecule has 1 fully saturated rings. The number of aromatic nitrogens is 3. The Kier molecular flexibility index (Phi) is 5.58. The number of ether oxygens (including phenoxy) is 1. The lowest BCUT2D eigenvalue weighted by Gasteiger charge is -2.21. The van der Waals surface area contributed by atoms with Gasteiger partial charge in [0.05, 0.1) is 17.8 Å². The first kappa shape index (κ1) is 21.5. The van der Waals surface area contributed by atoms with Crippen LogP contribution in [0.15, 0.2) is 47.3 Å². The first-order valence-electron chi connectivity index (χ1n) is 11.1. The van der Waals surface area contributed by atoms with E-state index >= 15 is 0 Å². The SMILES string of the molecule is COc1ccc(-n2nc(C(=O)N3CCCCCC3)c3c4ccccc4n(C)c3c2=O)cc1Cl. The van der Waals surface area contributed by atoms with Gasteiger partial charge in [0.25, 0.3) is 11.5 Å². The van der Waals surface area contributed by atoms with E-state index in [1.807, 2.05) is 40.8 Å². The van der Waals surface area contributed by atoms with Crippen molar-refractivity contribution >= 4 is 39.3 Å². The maximum absolute atomic E-state index is 13.8. The molecular weight excluding hydrogens is 440 g/mol. The molecule has 7 nitrogen and oxygen atoms in total. The van der Waals surface area contributed by atoms with E-state index < -0.39 is 0 Å². The summed E-state index contributed by atoms with van der Waals surface area (Å²) in [5.41, 5.74) is 1.77. The number of rotatable bonds is 3. The van der Waals surface area contributed by atoms with Gasteiger partial charge in [-0.3, -0.25) is 9.59 Å². The van der Waals surface area contributed by atoms with Crippen molar-refractivity contribution in [2.45, 2.75) is 25.7 Å². The Balaban J connectivity index is 1.81. The Hall–Kier alpha value is -3.32. The Morgan fingerprint density at radius 2 is 1.79 bits per heavy atom. The molecule has 170 valence electrons. The summed E-state index contributed by atoms with van der Waals surface area (Å²) in [6.45, 7) is 1.39. The maximum atomic E-state index is 13.8. The molecule has 3 heterocycles. The lowest BCUT2D eigenvalue weighted by atomic mass is 10.1. The quantitative estimate of drug-likeness (QED) is 0.446. The summed E-state index contributed by atoms with van der Waals surface area (Å²) in [6.07, 6.45) is 4.17. The number of likely N-dealkylation sites (tertiary alicyclic amines) is 1. The van der Waals surface area contributed by atoms with Crippen molar-refractivity contribution in [3.8, 4) is 11.4 Å². The first-order valence-corrected chi connectivity index (χ1v) is 11.5. The minimum atomic E-state index is -0.308. The van der Waals surface area contributed by atoms with E-state index in [0.717, 1.165) is 36.6 Å². The van der Waals surface area contributed by atoms with Crippen LogP contribution in [-0.2, 0) is 7.05 Å². The smallest absolute Gasteiger partial charge is 0.296 e. The molecular formula is C25H25ClN4O3.